The lowest BCUT2D eigenvalue weighted by molar-refractivity contribution is -0.117. The van der Waals surface area contributed by atoms with Gasteiger partial charge in [-0.15, -0.1) is 0 Å². The van der Waals surface area contributed by atoms with Crippen molar-refractivity contribution in [1.82, 2.24) is 5.32 Å². The van der Waals surface area contributed by atoms with Crippen LogP contribution in [-0.2, 0) is 4.74 Å². The highest BCUT2D eigenvalue weighted by Gasteiger charge is 2.48. The molecule has 0 aromatic carbocycles. The molecule has 84 valence electrons. The van der Waals surface area contributed by atoms with E-state index in [-0.39, 0.29) is 18.1 Å². The summed E-state index contributed by atoms with van der Waals surface area (Å²) in [4.78, 5) is 0. The van der Waals surface area contributed by atoms with Crippen LogP contribution in [0.5, 0.6) is 0 Å². The second-order valence-corrected chi connectivity index (χ2v) is 4.80. The van der Waals surface area contributed by atoms with Gasteiger partial charge in [0.25, 0.3) is 0 Å². The summed E-state index contributed by atoms with van der Waals surface area (Å²) in [5.74, 6) is 0. The molecule has 3 atom stereocenters. The molecule has 2 unspecified atom stereocenters. The fourth-order valence-corrected chi connectivity index (χ4v) is 2.05. The normalized spacial score (nSPS) is 32.4. The Labute approximate surface area is 86.8 Å². The molecule has 0 heterocycles. The average molecular weight is 201 g/mol. The van der Waals surface area contributed by atoms with E-state index in [1.54, 1.807) is 0 Å². The standard InChI is InChI=1S/C11H23NO2/c1-5-14-10-6-9(11(10,3)4)12-8(2)7-13/h8-10,12-13H,5-7H2,1-4H3/t8-,9?,10?/m1/s1. The minimum absolute atomic E-state index is 0.182. The molecule has 3 heteroatoms. The van der Waals surface area contributed by atoms with E-state index in [1.807, 2.05) is 13.8 Å². The van der Waals surface area contributed by atoms with E-state index < -0.39 is 0 Å². The summed E-state index contributed by atoms with van der Waals surface area (Å²) in [7, 11) is 0. The predicted molar refractivity (Wildman–Crippen MR) is 57.3 cm³/mol. The maximum absolute atomic E-state index is 8.95. The highest BCUT2D eigenvalue weighted by atomic mass is 16.5. The van der Waals surface area contributed by atoms with E-state index in [0.717, 1.165) is 13.0 Å². The Balaban J connectivity index is 2.38. The number of hydrogen-bond acceptors (Lipinski definition) is 3. The summed E-state index contributed by atoms with van der Waals surface area (Å²) in [6.07, 6.45) is 1.43. The van der Waals surface area contributed by atoms with Gasteiger partial charge in [0.05, 0.1) is 12.7 Å². The monoisotopic (exact) mass is 201 g/mol. The molecule has 2 N–H and O–H groups in total. The molecule has 3 nitrogen and oxygen atoms in total. The van der Waals surface area contributed by atoms with Crippen molar-refractivity contribution in [2.75, 3.05) is 13.2 Å². The van der Waals surface area contributed by atoms with Gasteiger partial charge >= 0.3 is 0 Å². The van der Waals surface area contributed by atoms with E-state index in [2.05, 4.69) is 19.2 Å². The van der Waals surface area contributed by atoms with Gasteiger partial charge in [0.1, 0.15) is 0 Å². The number of aliphatic hydroxyl groups excluding tert-OH is 1. The molecule has 0 bridgehead atoms. The van der Waals surface area contributed by atoms with Crippen LogP contribution in [0.4, 0.5) is 0 Å². The molecule has 0 aromatic heterocycles. The van der Waals surface area contributed by atoms with E-state index in [0.29, 0.717) is 12.1 Å². The Morgan fingerprint density at radius 2 is 2.21 bits per heavy atom. The highest BCUT2D eigenvalue weighted by molar-refractivity contribution is 5.03. The fraction of sp³-hybridized carbons (Fsp3) is 1.00. The lowest BCUT2D eigenvalue weighted by atomic mass is 9.64. The van der Waals surface area contributed by atoms with E-state index in [1.165, 1.54) is 0 Å². The molecule has 1 rings (SSSR count). The Kier molecular flexibility index (Phi) is 3.93. The number of ether oxygens (including phenoxy) is 1. The van der Waals surface area contributed by atoms with Crippen molar-refractivity contribution < 1.29 is 9.84 Å². The van der Waals surface area contributed by atoms with E-state index in [4.69, 9.17) is 9.84 Å². The van der Waals surface area contributed by atoms with Gasteiger partial charge < -0.3 is 15.2 Å². The summed E-state index contributed by atoms with van der Waals surface area (Å²) in [5.41, 5.74) is 0.194. The number of nitrogens with one attached hydrogen (secondary N) is 1. The van der Waals surface area contributed by atoms with Crippen molar-refractivity contribution in [2.45, 2.75) is 52.3 Å². The lowest BCUT2D eigenvalue weighted by Gasteiger charge is -2.52. The highest BCUT2D eigenvalue weighted by Crippen LogP contribution is 2.42. The van der Waals surface area contributed by atoms with Crippen molar-refractivity contribution in [1.29, 1.82) is 0 Å². The lowest BCUT2D eigenvalue weighted by Crippen LogP contribution is -2.62. The van der Waals surface area contributed by atoms with Gasteiger partial charge in [-0.3, -0.25) is 0 Å². The molecule has 1 saturated carbocycles. The molecule has 0 radical (unpaired) electrons. The first kappa shape index (κ1) is 12.0. The topological polar surface area (TPSA) is 41.5 Å². The number of aliphatic hydroxyl groups is 1. The summed E-state index contributed by atoms with van der Waals surface area (Å²) in [6, 6.07) is 0.656. The van der Waals surface area contributed by atoms with Crippen LogP contribution >= 0.6 is 0 Å². The maximum atomic E-state index is 8.95. The van der Waals surface area contributed by atoms with Crippen LogP contribution in [0.3, 0.4) is 0 Å². The van der Waals surface area contributed by atoms with Crippen LogP contribution in [0.1, 0.15) is 34.1 Å². The third kappa shape index (κ3) is 2.27. The molecule has 0 spiro atoms. The van der Waals surface area contributed by atoms with Crippen molar-refractivity contribution in [3.05, 3.63) is 0 Å². The predicted octanol–water partition coefficient (Wildman–Crippen LogP) is 1.16. The van der Waals surface area contributed by atoms with Crippen LogP contribution in [0.2, 0.25) is 0 Å². The van der Waals surface area contributed by atoms with Crippen LogP contribution in [0, 0.1) is 5.41 Å². The SMILES string of the molecule is CCOC1CC(N[C@H](C)CO)C1(C)C. The summed E-state index contributed by atoms with van der Waals surface area (Å²) in [6.45, 7) is 9.47. The zero-order valence-electron chi connectivity index (χ0n) is 9.71. The van der Waals surface area contributed by atoms with Gasteiger partial charge in [0.2, 0.25) is 0 Å². The fourth-order valence-electron chi connectivity index (χ4n) is 2.05. The van der Waals surface area contributed by atoms with Crippen molar-refractivity contribution in [3.8, 4) is 0 Å². The molecule has 1 aliphatic carbocycles. The Bertz CT molecular complexity index is 182. The largest absolute Gasteiger partial charge is 0.395 e. The van der Waals surface area contributed by atoms with Gasteiger partial charge in [-0.1, -0.05) is 13.8 Å². The smallest absolute Gasteiger partial charge is 0.0655 e. The second kappa shape index (κ2) is 4.60. The number of hydrogen-bond donors (Lipinski definition) is 2. The molecule has 14 heavy (non-hydrogen) atoms. The van der Waals surface area contributed by atoms with Gasteiger partial charge in [-0.25, -0.2) is 0 Å². The van der Waals surface area contributed by atoms with Crippen molar-refractivity contribution in [2.24, 2.45) is 5.41 Å². The van der Waals surface area contributed by atoms with E-state index >= 15 is 0 Å². The zero-order chi connectivity index (χ0) is 10.8. The van der Waals surface area contributed by atoms with Crippen LogP contribution < -0.4 is 5.32 Å². The maximum Gasteiger partial charge on any atom is 0.0655 e. The number of rotatable bonds is 5. The first-order valence-corrected chi connectivity index (χ1v) is 5.50. The van der Waals surface area contributed by atoms with Crippen LogP contribution in [0.15, 0.2) is 0 Å². The molecule has 0 aliphatic heterocycles. The molecular weight excluding hydrogens is 178 g/mol. The Morgan fingerprint density at radius 3 is 2.64 bits per heavy atom. The van der Waals surface area contributed by atoms with Gasteiger partial charge in [-0.05, 0) is 20.3 Å². The zero-order valence-corrected chi connectivity index (χ0v) is 9.71. The average Bonchev–Trinajstić information content (AvgIpc) is 2.16. The molecular formula is C11H23NO2. The first-order chi connectivity index (χ1) is 6.52. The summed E-state index contributed by atoms with van der Waals surface area (Å²) in [5, 5.41) is 12.4. The minimum Gasteiger partial charge on any atom is -0.395 e. The Hall–Kier alpha value is -0.120. The molecule has 0 aromatic rings. The minimum atomic E-state index is 0.182. The molecule has 1 aliphatic rings. The summed E-state index contributed by atoms with van der Waals surface area (Å²) >= 11 is 0. The van der Waals surface area contributed by atoms with Crippen LogP contribution in [-0.4, -0.2) is 36.5 Å². The van der Waals surface area contributed by atoms with Gasteiger partial charge in [0, 0.05) is 24.1 Å². The van der Waals surface area contributed by atoms with Crippen molar-refractivity contribution in [3.63, 3.8) is 0 Å². The third-order valence-corrected chi connectivity index (χ3v) is 3.31. The first-order valence-electron chi connectivity index (χ1n) is 5.50. The Morgan fingerprint density at radius 1 is 1.57 bits per heavy atom. The van der Waals surface area contributed by atoms with Crippen LogP contribution in [0.25, 0.3) is 0 Å². The van der Waals surface area contributed by atoms with Gasteiger partial charge in [0.15, 0.2) is 0 Å². The molecule has 1 fully saturated rings. The second-order valence-electron chi connectivity index (χ2n) is 4.80. The molecule has 0 amide bonds. The molecule has 0 saturated heterocycles. The van der Waals surface area contributed by atoms with E-state index in [9.17, 15) is 0 Å². The summed E-state index contributed by atoms with van der Waals surface area (Å²) < 4.78 is 5.64. The third-order valence-electron chi connectivity index (χ3n) is 3.31. The quantitative estimate of drug-likeness (QED) is 0.701. The van der Waals surface area contributed by atoms with Crippen molar-refractivity contribution >= 4 is 0 Å². The van der Waals surface area contributed by atoms with Gasteiger partial charge in [-0.2, -0.15) is 0 Å².